The van der Waals surface area contributed by atoms with Crippen molar-refractivity contribution in [2.24, 2.45) is 0 Å². The fraction of sp³-hybridized carbons (Fsp3) is 0.455. The van der Waals surface area contributed by atoms with Gasteiger partial charge in [0.05, 0.1) is 0 Å². The van der Waals surface area contributed by atoms with Crippen LogP contribution in [0, 0.1) is 0 Å². The molecule has 9 heteroatoms. The fourth-order valence-corrected chi connectivity index (χ4v) is 3.47. The first-order chi connectivity index (χ1) is 9.70. The lowest BCUT2D eigenvalue weighted by Crippen LogP contribution is -2.30. The summed E-state index contributed by atoms with van der Waals surface area (Å²) in [6, 6.07) is 2.00. The van der Waals surface area contributed by atoms with E-state index in [0.717, 1.165) is 12.8 Å². The van der Waals surface area contributed by atoms with Crippen molar-refractivity contribution in [1.82, 2.24) is 24.7 Å². The molecule has 1 saturated heterocycles. The minimum absolute atomic E-state index is 0.118. The Labute approximate surface area is 123 Å². The van der Waals surface area contributed by atoms with Gasteiger partial charge in [-0.3, -0.25) is 4.21 Å². The molecule has 0 bridgehead atoms. The lowest BCUT2D eigenvalue weighted by molar-refractivity contribution is 0.619. The van der Waals surface area contributed by atoms with E-state index in [4.69, 9.17) is 11.6 Å². The van der Waals surface area contributed by atoms with E-state index in [1.54, 1.807) is 18.5 Å². The molecule has 1 aliphatic rings. The molecule has 0 unspecified atom stereocenters. The number of halogens is 1. The average Bonchev–Trinajstić information content (AvgIpc) is 2.95. The van der Waals surface area contributed by atoms with Gasteiger partial charge in [-0.1, -0.05) is 0 Å². The molecule has 20 heavy (non-hydrogen) atoms. The molecule has 0 radical (unpaired) electrons. The third kappa shape index (κ3) is 3.13. The van der Waals surface area contributed by atoms with Crippen molar-refractivity contribution in [1.29, 1.82) is 0 Å². The highest BCUT2D eigenvalue weighted by Gasteiger charge is 2.19. The van der Waals surface area contributed by atoms with Crippen LogP contribution in [0.1, 0.15) is 12.8 Å². The van der Waals surface area contributed by atoms with Crippen LogP contribution in [-0.2, 0) is 10.8 Å². The Morgan fingerprint density at radius 3 is 2.80 bits per heavy atom. The van der Waals surface area contributed by atoms with Crippen LogP contribution < -0.4 is 5.32 Å². The molecule has 0 atom stereocenters. The molecule has 0 spiro atoms. The summed E-state index contributed by atoms with van der Waals surface area (Å²) < 4.78 is 12.9. The summed E-state index contributed by atoms with van der Waals surface area (Å²) >= 11 is 5.92. The lowest BCUT2D eigenvalue weighted by atomic mass is 10.2. The summed E-state index contributed by atoms with van der Waals surface area (Å²) in [5, 5.41) is 7.40. The molecular weight excluding hydrogens is 300 g/mol. The molecule has 1 aliphatic heterocycles. The van der Waals surface area contributed by atoms with E-state index < -0.39 is 10.8 Å². The molecule has 3 heterocycles. The monoisotopic (exact) mass is 312 g/mol. The largest absolute Gasteiger partial charge is 0.351 e. The van der Waals surface area contributed by atoms with E-state index >= 15 is 0 Å². The van der Waals surface area contributed by atoms with Crippen LogP contribution in [0.25, 0.3) is 5.95 Å². The smallest absolute Gasteiger partial charge is 0.256 e. The van der Waals surface area contributed by atoms with Crippen LogP contribution in [-0.4, -0.2) is 46.5 Å². The normalized spacial score (nSPS) is 22.6. The van der Waals surface area contributed by atoms with Crippen molar-refractivity contribution >= 4 is 28.3 Å². The van der Waals surface area contributed by atoms with Gasteiger partial charge in [0.1, 0.15) is 0 Å². The Kier molecular flexibility index (Phi) is 3.93. The van der Waals surface area contributed by atoms with Crippen molar-refractivity contribution in [3.05, 3.63) is 23.7 Å². The van der Waals surface area contributed by atoms with Crippen LogP contribution in [0.2, 0.25) is 5.28 Å². The predicted molar refractivity (Wildman–Crippen MR) is 76.5 cm³/mol. The Bertz CT molecular complexity index is 609. The number of nitrogens with zero attached hydrogens (tertiary/aromatic N) is 5. The van der Waals surface area contributed by atoms with Crippen molar-refractivity contribution in [2.45, 2.75) is 18.9 Å². The van der Waals surface area contributed by atoms with Crippen molar-refractivity contribution < 1.29 is 4.21 Å². The van der Waals surface area contributed by atoms with Gasteiger partial charge in [0.25, 0.3) is 5.95 Å². The van der Waals surface area contributed by atoms with Crippen molar-refractivity contribution in [3.8, 4) is 5.95 Å². The van der Waals surface area contributed by atoms with Gasteiger partial charge in [0.2, 0.25) is 11.2 Å². The number of aromatic nitrogens is 5. The summed E-state index contributed by atoms with van der Waals surface area (Å²) in [5.74, 6) is 2.22. The number of nitrogens with one attached hydrogen (secondary N) is 1. The standard InChI is InChI=1S/C11H13ClN6OS/c12-9-15-10(14-8-2-6-20(19)7-3-8)17-11(16-9)18-5-1-4-13-18/h1,4-5,8H,2-3,6-7H2,(H,14,15,16,17). The summed E-state index contributed by atoms with van der Waals surface area (Å²) in [4.78, 5) is 12.4. The predicted octanol–water partition coefficient (Wildman–Crippen LogP) is 1.03. The number of anilines is 1. The quantitative estimate of drug-likeness (QED) is 0.911. The van der Waals surface area contributed by atoms with Crippen LogP contribution in [0.15, 0.2) is 18.5 Å². The molecule has 3 rings (SSSR count). The lowest BCUT2D eigenvalue weighted by Gasteiger charge is -2.22. The Hall–Kier alpha value is -1.54. The molecule has 0 saturated carbocycles. The summed E-state index contributed by atoms with van der Waals surface area (Å²) in [6.07, 6.45) is 5.06. The third-order valence-electron chi connectivity index (χ3n) is 3.03. The third-order valence-corrected chi connectivity index (χ3v) is 4.58. The highest BCUT2D eigenvalue weighted by molar-refractivity contribution is 7.85. The minimum Gasteiger partial charge on any atom is -0.351 e. The molecule has 7 nitrogen and oxygen atoms in total. The summed E-state index contributed by atoms with van der Waals surface area (Å²) in [7, 11) is -0.685. The van der Waals surface area contributed by atoms with E-state index in [1.165, 1.54) is 4.68 Å². The second-order valence-corrected chi connectivity index (χ2v) is 6.48. The van der Waals surface area contributed by atoms with Crippen LogP contribution in [0.4, 0.5) is 5.95 Å². The first-order valence-electron chi connectivity index (χ1n) is 6.24. The first-order valence-corrected chi connectivity index (χ1v) is 8.10. The van der Waals surface area contributed by atoms with Crippen LogP contribution in [0.5, 0.6) is 0 Å². The fourth-order valence-electron chi connectivity index (χ4n) is 2.01. The average molecular weight is 313 g/mol. The van der Waals surface area contributed by atoms with Gasteiger partial charge in [-0.25, -0.2) is 4.68 Å². The molecule has 1 N–H and O–H groups in total. The van der Waals surface area contributed by atoms with Gasteiger partial charge in [-0.15, -0.1) is 0 Å². The molecular formula is C11H13ClN6OS. The molecule has 2 aromatic rings. The van der Waals surface area contributed by atoms with Crippen LogP contribution >= 0.6 is 11.6 Å². The zero-order chi connectivity index (χ0) is 13.9. The highest BCUT2D eigenvalue weighted by atomic mass is 35.5. The van der Waals surface area contributed by atoms with E-state index in [2.05, 4.69) is 25.4 Å². The minimum atomic E-state index is -0.685. The van der Waals surface area contributed by atoms with Crippen molar-refractivity contribution in [3.63, 3.8) is 0 Å². The summed E-state index contributed by atoms with van der Waals surface area (Å²) in [6.45, 7) is 0. The maximum Gasteiger partial charge on any atom is 0.256 e. The number of hydrogen-bond acceptors (Lipinski definition) is 6. The molecule has 0 aliphatic carbocycles. The van der Waals surface area contributed by atoms with Gasteiger partial charge in [0.15, 0.2) is 0 Å². The van der Waals surface area contributed by atoms with Crippen LogP contribution in [0.3, 0.4) is 0 Å². The van der Waals surface area contributed by atoms with Crippen molar-refractivity contribution in [2.75, 3.05) is 16.8 Å². The van der Waals surface area contributed by atoms with Gasteiger partial charge >= 0.3 is 0 Å². The van der Waals surface area contributed by atoms with Gasteiger partial charge in [-0.2, -0.15) is 20.1 Å². The zero-order valence-corrected chi connectivity index (χ0v) is 12.1. The first kappa shape index (κ1) is 13.4. The number of hydrogen-bond donors (Lipinski definition) is 1. The highest BCUT2D eigenvalue weighted by Crippen LogP contribution is 2.15. The Morgan fingerprint density at radius 2 is 2.10 bits per heavy atom. The molecule has 0 aromatic carbocycles. The molecule has 2 aromatic heterocycles. The van der Waals surface area contributed by atoms with E-state index in [9.17, 15) is 4.21 Å². The second kappa shape index (κ2) is 5.84. The summed E-state index contributed by atoms with van der Waals surface area (Å²) in [5.41, 5.74) is 0. The maximum absolute atomic E-state index is 11.3. The van der Waals surface area contributed by atoms with Gasteiger partial charge in [0, 0.05) is 40.7 Å². The Morgan fingerprint density at radius 1 is 1.30 bits per heavy atom. The topological polar surface area (TPSA) is 85.6 Å². The van der Waals surface area contributed by atoms with E-state index in [0.29, 0.717) is 23.4 Å². The van der Waals surface area contributed by atoms with E-state index in [-0.39, 0.29) is 11.3 Å². The molecule has 106 valence electrons. The van der Waals surface area contributed by atoms with E-state index in [1.807, 2.05) is 0 Å². The molecule has 0 amide bonds. The second-order valence-electron chi connectivity index (χ2n) is 4.45. The maximum atomic E-state index is 11.3. The Balaban J connectivity index is 1.78. The molecule has 1 fully saturated rings. The number of rotatable bonds is 3. The zero-order valence-electron chi connectivity index (χ0n) is 10.6. The van der Waals surface area contributed by atoms with Gasteiger partial charge < -0.3 is 5.32 Å². The van der Waals surface area contributed by atoms with Gasteiger partial charge in [-0.05, 0) is 30.5 Å². The SMILES string of the molecule is O=S1CCC(Nc2nc(Cl)nc(-n3cccn3)n2)CC1.